The first-order valence-electron chi connectivity index (χ1n) is 9.72. The van der Waals surface area contributed by atoms with Gasteiger partial charge in [0.2, 0.25) is 0 Å². The minimum Gasteiger partial charge on any atom is -0.465 e. The van der Waals surface area contributed by atoms with Crippen LogP contribution >= 0.6 is 0 Å². The van der Waals surface area contributed by atoms with E-state index in [9.17, 15) is 9.90 Å². The van der Waals surface area contributed by atoms with Crippen LogP contribution in [-0.4, -0.2) is 39.6 Å². The minimum atomic E-state index is -0.817. The molecule has 1 saturated heterocycles. The van der Waals surface area contributed by atoms with E-state index >= 15 is 0 Å². The zero-order chi connectivity index (χ0) is 18.0. The molecular weight excluding hydrogens is 312 g/mol. The summed E-state index contributed by atoms with van der Waals surface area (Å²) >= 11 is 0. The van der Waals surface area contributed by atoms with Crippen LogP contribution in [0, 0.1) is 0 Å². The summed E-state index contributed by atoms with van der Waals surface area (Å²) in [4.78, 5) is 16.1. The van der Waals surface area contributed by atoms with Crippen molar-refractivity contribution < 1.29 is 9.90 Å². The molecule has 1 aromatic carbocycles. The van der Waals surface area contributed by atoms with Crippen molar-refractivity contribution in [2.45, 2.75) is 77.4 Å². The van der Waals surface area contributed by atoms with Crippen LogP contribution in [0.15, 0.2) is 18.2 Å². The lowest BCUT2D eigenvalue weighted by molar-refractivity contribution is 0.0638. The van der Waals surface area contributed by atoms with E-state index in [1.54, 1.807) is 4.90 Å². The Morgan fingerprint density at radius 2 is 1.92 bits per heavy atom. The third kappa shape index (κ3) is 4.17. The standard InChI is InChI=1S/C21H32N2O2/c1-21(2,3)23(20(24)25)19-9-7-8-17-14-16(10-11-18(17)19)15-22-12-5-4-6-13-22/h10-11,14,19H,4-9,12-13,15H2,1-3H3,(H,24,25)/t19-/m1/s1. The molecule has 4 nitrogen and oxygen atoms in total. The molecule has 4 heteroatoms. The molecule has 1 heterocycles. The molecule has 0 unspecified atom stereocenters. The molecule has 1 aliphatic heterocycles. The summed E-state index contributed by atoms with van der Waals surface area (Å²) in [5, 5.41) is 9.78. The molecule has 0 bridgehead atoms. The summed E-state index contributed by atoms with van der Waals surface area (Å²) in [6, 6.07) is 6.72. The summed E-state index contributed by atoms with van der Waals surface area (Å²) in [6.07, 6.45) is 6.21. The number of amides is 1. The average Bonchev–Trinajstić information content (AvgIpc) is 2.54. The van der Waals surface area contributed by atoms with Crippen molar-refractivity contribution in [1.82, 2.24) is 9.80 Å². The molecule has 1 amide bonds. The van der Waals surface area contributed by atoms with Crippen molar-refractivity contribution in [3.63, 3.8) is 0 Å². The highest BCUT2D eigenvalue weighted by molar-refractivity contribution is 5.67. The van der Waals surface area contributed by atoms with Gasteiger partial charge in [-0.3, -0.25) is 9.80 Å². The summed E-state index contributed by atoms with van der Waals surface area (Å²) < 4.78 is 0. The second-order valence-corrected chi connectivity index (χ2v) is 8.60. The number of piperidine rings is 1. The highest BCUT2D eigenvalue weighted by Gasteiger charge is 2.36. The van der Waals surface area contributed by atoms with Crippen molar-refractivity contribution in [2.75, 3.05) is 13.1 Å². The molecule has 0 spiro atoms. The predicted molar refractivity (Wildman–Crippen MR) is 101 cm³/mol. The summed E-state index contributed by atoms with van der Waals surface area (Å²) in [6.45, 7) is 9.40. The van der Waals surface area contributed by atoms with Crippen molar-refractivity contribution in [3.8, 4) is 0 Å². The number of aryl methyl sites for hydroxylation is 1. The number of benzene rings is 1. The molecule has 25 heavy (non-hydrogen) atoms. The molecule has 0 aromatic heterocycles. The predicted octanol–water partition coefficient (Wildman–Crippen LogP) is 4.83. The Kier molecular flexibility index (Phi) is 5.38. The van der Waals surface area contributed by atoms with Gasteiger partial charge in [-0.15, -0.1) is 0 Å². The quantitative estimate of drug-likeness (QED) is 0.854. The Morgan fingerprint density at radius 3 is 2.56 bits per heavy atom. The number of carbonyl (C=O) groups is 1. The van der Waals surface area contributed by atoms with Crippen molar-refractivity contribution in [2.24, 2.45) is 0 Å². The lowest BCUT2D eigenvalue weighted by atomic mass is 9.84. The highest BCUT2D eigenvalue weighted by Crippen LogP contribution is 2.38. The van der Waals surface area contributed by atoms with Crippen LogP contribution < -0.4 is 0 Å². The van der Waals surface area contributed by atoms with Crippen LogP contribution in [0.4, 0.5) is 4.79 Å². The molecule has 1 N–H and O–H groups in total. The first-order chi connectivity index (χ1) is 11.9. The van der Waals surface area contributed by atoms with E-state index in [0.717, 1.165) is 25.8 Å². The molecule has 1 aromatic rings. The zero-order valence-corrected chi connectivity index (χ0v) is 15.9. The maximum Gasteiger partial charge on any atom is 0.408 e. The van der Waals surface area contributed by atoms with Gasteiger partial charge >= 0.3 is 6.09 Å². The van der Waals surface area contributed by atoms with Crippen molar-refractivity contribution in [3.05, 3.63) is 34.9 Å². The highest BCUT2D eigenvalue weighted by atomic mass is 16.4. The largest absolute Gasteiger partial charge is 0.465 e. The van der Waals surface area contributed by atoms with E-state index in [2.05, 4.69) is 23.1 Å². The third-order valence-corrected chi connectivity index (χ3v) is 5.59. The molecule has 138 valence electrons. The van der Waals surface area contributed by atoms with Gasteiger partial charge in [0, 0.05) is 12.1 Å². The molecule has 1 fully saturated rings. The van der Waals surface area contributed by atoms with Crippen LogP contribution in [0.1, 0.15) is 75.6 Å². The zero-order valence-electron chi connectivity index (χ0n) is 15.9. The maximum atomic E-state index is 11.9. The first-order valence-corrected chi connectivity index (χ1v) is 9.72. The van der Waals surface area contributed by atoms with Crippen molar-refractivity contribution >= 4 is 6.09 Å². The first kappa shape index (κ1) is 18.2. The Bertz CT molecular complexity index is 615. The van der Waals surface area contributed by atoms with Gasteiger partial charge in [0.15, 0.2) is 0 Å². The summed E-state index contributed by atoms with van der Waals surface area (Å²) in [7, 11) is 0. The fourth-order valence-corrected chi connectivity index (χ4v) is 4.47. The fourth-order valence-electron chi connectivity index (χ4n) is 4.47. The Labute approximate surface area is 151 Å². The van der Waals surface area contributed by atoms with Gasteiger partial charge in [-0.2, -0.15) is 0 Å². The van der Waals surface area contributed by atoms with E-state index in [1.807, 2.05) is 20.8 Å². The second kappa shape index (κ2) is 7.36. The van der Waals surface area contributed by atoms with E-state index in [4.69, 9.17) is 0 Å². The number of hydrogen-bond donors (Lipinski definition) is 1. The second-order valence-electron chi connectivity index (χ2n) is 8.60. The van der Waals surface area contributed by atoms with Crippen LogP contribution in [0.2, 0.25) is 0 Å². The monoisotopic (exact) mass is 344 g/mol. The molecular formula is C21H32N2O2. The Balaban J connectivity index is 1.83. The van der Waals surface area contributed by atoms with Gasteiger partial charge in [-0.05, 0) is 82.7 Å². The minimum absolute atomic E-state index is 0.0229. The van der Waals surface area contributed by atoms with Crippen LogP contribution in [-0.2, 0) is 13.0 Å². The van der Waals surface area contributed by atoms with Crippen LogP contribution in [0.25, 0.3) is 0 Å². The molecule has 1 atom stereocenters. The molecule has 0 radical (unpaired) electrons. The normalized spacial score (nSPS) is 21.6. The number of likely N-dealkylation sites (tertiary alicyclic amines) is 1. The molecule has 0 saturated carbocycles. The lowest BCUT2D eigenvalue weighted by Gasteiger charge is -2.42. The molecule has 3 rings (SSSR count). The SMILES string of the molecule is CC(C)(C)N(C(=O)O)[C@@H]1CCCc2cc(CN3CCCCC3)ccc21. The van der Waals surface area contributed by atoms with Crippen LogP contribution in [0.3, 0.4) is 0 Å². The number of hydrogen-bond acceptors (Lipinski definition) is 2. The Morgan fingerprint density at radius 1 is 1.20 bits per heavy atom. The lowest BCUT2D eigenvalue weighted by Crippen LogP contribution is -2.48. The Hall–Kier alpha value is -1.55. The number of carboxylic acid groups (broad SMARTS) is 1. The summed E-state index contributed by atoms with van der Waals surface area (Å²) in [5.74, 6) is 0. The topological polar surface area (TPSA) is 43.8 Å². The summed E-state index contributed by atoms with van der Waals surface area (Å²) in [5.41, 5.74) is 3.54. The number of rotatable bonds is 3. The van der Waals surface area contributed by atoms with E-state index < -0.39 is 11.6 Å². The van der Waals surface area contributed by atoms with Gasteiger partial charge in [0.1, 0.15) is 0 Å². The smallest absolute Gasteiger partial charge is 0.408 e. The van der Waals surface area contributed by atoms with E-state index in [-0.39, 0.29) is 6.04 Å². The number of nitrogens with zero attached hydrogens (tertiary/aromatic N) is 2. The molecule has 2 aliphatic rings. The van der Waals surface area contributed by atoms with Gasteiger partial charge in [0.05, 0.1) is 6.04 Å². The number of fused-ring (bicyclic) bond motifs is 1. The molecule has 1 aliphatic carbocycles. The van der Waals surface area contributed by atoms with Gasteiger partial charge in [0.25, 0.3) is 0 Å². The van der Waals surface area contributed by atoms with Gasteiger partial charge in [-0.25, -0.2) is 4.79 Å². The average molecular weight is 344 g/mol. The maximum absolute atomic E-state index is 11.9. The van der Waals surface area contributed by atoms with E-state index in [1.165, 1.54) is 49.0 Å². The fraction of sp³-hybridized carbons (Fsp3) is 0.667. The van der Waals surface area contributed by atoms with Gasteiger partial charge in [-0.1, -0.05) is 24.6 Å². The van der Waals surface area contributed by atoms with Crippen LogP contribution in [0.5, 0.6) is 0 Å². The van der Waals surface area contributed by atoms with Crippen molar-refractivity contribution in [1.29, 1.82) is 0 Å². The van der Waals surface area contributed by atoms with E-state index in [0.29, 0.717) is 0 Å². The van der Waals surface area contributed by atoms with Gasteiger partial charge < -0.3 is 5.11 Å². The third-order valence-electron chi connectivity index (χ3n) is 5.59.